The predicted molar refractivity (Wildman–Crippen MR) is 54.9 cm³/mol. The number of nitrogens with two attached hydrogens (primary N) is 1. The van der Waals surface area contributed by atoms with Crippen LogP contribution in [-0.4, -0.2) is 20.2 Å². The van der Waals surface area contributed by atoms with Crippen LogP contribution in [0.2, 0.25) is 0 Å². The summed E-state index contributed by atoms with van der Waals surface area (Å²) in [7, 11) is 1.93. The van der Waals surface area contributed by atoms with E-state index in [4.69, 9.17) is 10.5 Å². The second-order valence-electron chi connectivity index (χ2n) is 2.88. The largest absolute Gasteiger partial charge is 0.493 e. The van der Waals surface area contributed by atoms with Crippen molar-refractivity contribution in [3.63, 3.8) is 0 Å². The Kier molecular flexibility index (Phi) is 4.12. The highest BCUT2D eigenvalue weighted by atomic mass is 16.5. The van der Waals surface area contributed by atoms with Crippen molar-refractivity contribution in [2.24, 2.45) is 0 Å². The van der Waals surface area contributed by atoms with Crippen LogP contribution in [0.25, 0.3) is 0 Å². The number of rotatable bonds is 5. The zero-order valence-corrected chi connectivity index (χ0v) is 7.92. The molecular weight excluding hydrogens is 164 g/mol. The fraction of sp³-hybridized carbons (Fsp3) is 0.400. The molecule has 0 amide bonds. The molecule has 0 fully saturated rings. The maximum atomic E-state index is 5.60. The molecule has 0 aliphatic carbocycles. The Morgan fingerprint density at radius 2 is 2.31 bits per heavy atom. The molecule has 3 nitrogen and oxygen atoms in total. The van der Waals surface area contributed by atoms with Crippen LogP contribution < -0.4 is 15.8 Å². The number of nitrogens with one attached hydrogen (secondary N) is 1. The fourth-order valence-corrected chi connectivity index (χ4v) is 1.04. The molecular formula is C10H16N2O. The molecule has 0 aliphatic heterocycles. The van der Waals surface area contributed by atoms with Gasteiger partial charge in [-0.1, -0.05) is 6.07 Å². The molecule has 3 heteroatoms. The molecule has 1 aromatic rings. The van der Waals surface area contributed by atoms with Crippen molar-refractivity contribution in [2.45, 2.75) is 6.42 Å². The summed E-state index contributed by atoms with van der Waals surface area (Å²) < 4.78 is 5.47. The van der Waals surface area contributed by atoms with Gasteiger partial charge in [-0.2, -0.15) is 0 Å². The number of anilines is 1. The van der Waals surface area contributed by atoms with Crippen molar-refractivity contribution in [3.05, 3.63) is 24.3 Å². The molecule has 72 valence electrons. The Bertz CT molecular complexity index is 250. The van der Waals surface area contributed by atoms with Gasteiger partial charge in [0.25, 0.3) is 0 Å². The summed E-state index contributed by atoms with van der Waals surface area (Å²) in [4.78, 5) is 0. The Morgan fingerprint density at radius 3 is 3.00 bits per heavy atom. The molecule has 3 N–H and O–H groups in total. The summed E-state index contributed by atoms with van der Waals surface area (Å²) in [5.74, 6) is 0.844. The molecule has 1 aromatic carbocycles. The van der Waals surface area contributed by atoms with Crippen LogP contribution in [0.5, 0.6) is 5.75 Å². The monoisotopic (exact) mass is 180 g/mol. The molecule has 0 atom stereocenters. The third kappa shape index (κ3) is 3.80. The van der Waals surface area contributed by atoms with Gasteiger partial charge in [0, 0.05) is 11.8 Å². The van der Waals surface area contributed by atoms with Crippen LogP contribution in [0.1, 0.15) is 6.42 Å². The van der Waals surface area contributed by atoms with Crippen LogP contribution in [0, 0.1) is 0 Å². The van der Waals surface area contributed by atoms with Gasteiger partial charge < -0.3 is 15.8 Å². The fourth-order valence-electron chi connectivity index (χ4n) is 1.04. The Hall–Kier alpha value is -1.22. The molecule has 0 radical (unpaired) electrons. The smallest absolute Gasteiger partial charge is 0.121 e. The first-order valence-electron chi connectivity index (χ1n) is 4.46. The summed E-state index contributed by atoms with van der Waals surface area (Å²) in [6.45, 7) is 1.70. The molecule has 0 aromatic heterocycles. The van der Waals surface area contributed by atoms with Crippen LogP contribution in [0.3, 0.4) is 0 Å². The summed E-state index contributed by atoms with van der Waals surface area (Å²) in [5, 5.41) is 3.06. The van der Waals surface area contributed by atoms with E-state index in [9.17, 15) is 0 Å². The first-order chi connectivity index (χ1) is 6.33. The number of ether oxygens (including phenoxy) is 1. The summed E-state index contributed by atoms with van der Waals surface area (Å²) in [5.41, 5.74) is 6.34. The third-order valence-electron chi connectivity index (χ3n) is 1.70. The third-order valence-corrected chi connectivity index (χ3v) is 1.70. The van der Waals surface area contributed by atoms with Gasteiger partial charge in [0.05, 0.1) is 6.61 Å². The Morgan fingerprint density at radius 1 is 1.46 bits per heavy atom. The van der Waals surface area contributed by atoms with E-state index < -0.39 is 0 Å². The minimum atomic E-state index is 0.726. The van der Waals surface area contributed by atoms with Gasteiger partial charge in [0.2, 0.25) is 0 Å². The van der Waals surface area contributed by atoms with Gasteiger partial charge in [0.15, 0.2) is 0 Å². The predicted octanol–water partition coefficient (Wildman–Crippen LogP) is 1.26. The van der Waals surface area contributed by atoms with Crippen molar-refractivity contribution in [1.29, 1.82) is 0 Å². The lowest BCUT2D eigenvalue weighted by atomic mass is 10.3. The van der Waals surface area contributed by atoms with Crippen LogP contribution in [0.4, 0.5) is 5.69 Å². The first kappa shape index (κ1) is 9.86. The lowest BCUT2D eigenvalue weighted by molar-refractivity contribution is 0.310. The molecule has 0 saturated heterocycles. The summed E-state index contributed by atoms with van der Waals surface area (Å²) in [6.07, 6.45) is 1.01. The molecule has 0 spiro atoms. The normalized spacial score (nSPS) is 9.92. The van der Waals surface area contributed by atoms with Gasteiger partial charge in [-0.3, -0.25) is 0 Å². The lowest BCUT2D eigenvalue weighted by Gasteiger charge is -2.05. The number of benzene rings is 1. The highest BCUT2D eigenvalue weighted by Crippen LogP contribution is 2.14. The van der Waals surface area contributed by atoms with Gasteiger partial charge in [0.1, 0.15) is 5.75 Å². The Balaban J connectivity index is 2.28. The molecule has 0 saturated carbocycles. The van der Waals surface area contributed by atoms with E-state index >= 15 is 0 Å². The van der Waals surface area contributed by atoms with Gasteiger partial charge >= 0.3 is 0 Å². The molecule has 0 heterocycles. The summed E-state index contributed by atoms with van der Waals surface area (Å²) >= 11 is 0. The molecule has 0 aliphatic rings. The standard InChI is InChI=1S/C10H16N2O/c1-12-6-3-7-13-10-5-2-4-9(11)8-10/h2,4-5,8,12H,3,6-7,11H2,1H3. The van der Waals surface area contributed by atoms with E-state index in [2.05, 4.69) is 5.32 Å². The maximum Gasteiger partial charge on any atom is 0.121 e. The minimum absolute atomic E-state index is 0.726. The van der Waals surface area contributed by atoms with Crippen molar-refractivity contribution in [2.75, 3.05) is 25.9 Å². The van der Waals surface area contributed by atoms with E-state index in [0.29, 0.717) is 0 Å². The lowest BCUT2D eigenvalue weighted by Crippen LogP contribution is -2.11. The molecule has 0 unspecified atom stereocenters. The first-order valence-corrected chi connectivity index (χ1v) is 4.46. The van der Waals surface area contributed by atoms with Crippen LogP contribution >= 0.6 is 0 Å². The van der Waals surface area contributed by atoms with Crippen molar-refractivity contribution < 1.29 is 4.74 Å². The van der Waals surface area contributed by atoms with Gasteiger partial charge in [-0.05, 0) is 32.1 Å². The van der Waals surface area contributed by atoms with Crippen molar-refractivity contribution in [1.82, 2.24) is 5.32 Å². The molecule has 13 heavy (non-hydrogen) atoms. The van der Waals surface area contributed by atoms with Crippen molar-refractivity contribution in [3.8, 4) is 5.75 Å². The van der Waals surface area contributed by atoms with Gasteiger partial charge in [-0.25, -0.2) is 0 Å². The second kappa shape index (κ2) is 5.43. The topological polar surface area (TPSA) is 47.3 Å². The number of hydrogen-bond acceptors (Lipinski definition) is 3. The van der Waals surface area contributed by atoms with Crippen LogP contribution in [-0.2, 0) is 0 Å². The number of nitrogen functional groups attached to an aromatic ring is 1. The highest BCUT2D eigenvalue weighted by molar-refractivity contribution is 5.43. The highest BCUT2D eigenvalue weighted by Gasteiger charge is 1.92. The van der Waals surface area contributed by atoms with Crippen molar-refractivity contribution >= 4 is 5.69 Å². The SMILES string of the molecule is CNCCCOc1cccc(N)c1. The summed E-state index contributed by atoms with van der Waals surface area (Å²) in [6, 6.07) is 7.48. The van der Waals surface area contributed by atoms with Crippen LogP contribution in [0.15, 0.2) is 24.3 Å². The van der Waals surface area contributed by atoms with Gasteiger partial charge in [-0.15, -0.1) is 0 Å². The zero-order chi connectivity index (χ0) is 9.52. The van der Waals surface area contributed by atoms with E-state index in [1.807, 2.05) is 31.3 Å². The molecule has 0 bridgehead atoms. The minimum Gasteiger partial charge on any atom is -0.493 e. The average Bonchev–Trinajstić information content (AvgIpc) is 2.13. The maximum absolute atomic E-state index is 5.60. The number of hydrogen-bond donors (Lipinski definition) is 2. The average molecular weight is 180 g/mol. The van der Waals surface area contributed by atoms with E-state index in [1.54, 1.807) is 0 Å². The Labute approximate surface area is 78.9 Å². The quantitative estimate of drug-likeness (QED) is 0.529. The second-order valence-corrected chi connectivity index (χ2v) is 2.88. The van der Waals surface area contributed by atoms with E-state index in [1.165, 1.54) is 0 Å². The zero-order valence-electron chi connectivity index (χ0n) is 7.92. The van der Waals surface area contributed by atoms with E-state index in [0.717, 1.165) is 31.0 Å². The van der Waals surface area contributed by atoms with E-state index in [-0.39, 0.29) is 0 Å². The molecule has 1 rings (SSSR count).